The summed E-state index contributed by atoms with van der Waals surface area (Å²) in [5.74, 6) is 2.72. The van der Waals surface area contributed by atoms with E-state index in [0.717, 1.165) is 16.6 Å². The molecule has 0 amide bonds. The standard InChI is InChI=1S/C29H31Cl2F2N7/c1-6-17-13-34-25-20(24(17)35-15-28(3,4)5)11-18(12-21(25)30)37-26(19-7-8-23(31)36-16(19)2)22-14-40(39-38-22)29(9-10-29)27(32)33/h1,7-8,11-14,26-27,37-39H,9-10,15H2,2-5H3,(H,34,35)/t26-/m0/s1. The average molecular weight is 587 g/mol. The molecule has 11 heteroatoms. The number of rotatable bonds is 8. The Hall–Kier alpha value is -3.32. The molecule has 1 atom stereocenters. The van der Waals surface area contributed by atoms with Gasteiger partial charge in [-0.2, -0.15) is 0 Å². The highest BCUT2D eigenvalue weighted by Crippen LogP contribution is 2.47. The van der Waals surface area contributed by atoms with E-state index in [1.165, 1.54) is 5.01 Å². The second kappa shape index (κ2) is 10.6. The molecule has 210 valence electrons. The Morgan fingerprint density at radius 3 is 2.60 bits per heavy atom. The largest absolute Gasteiger partial charge is 0.383 e. The average Bonchev–Trinajstić information content (AvgIpc) is 3.56. The van der Waals surface area contributed by atoms with E-state index in [2.05, 4.69) is 58.3 Å². The lowest BCUT2D eigenvalue weighted by Gasteiger charge is -2.25. The van der Waals surface area contributed by atoms with E-state index >= 15 is 0 Å². The van der Waals surface area contributed by atoms with Gasteiger partial charge in [0.1, 0.15) is 10.7 Å². The summed E-state index contributed by atoms with van der Waals surface area (Å²) in [4.78, 5) is 8.93. The van der Waals surface area contributed by atoms with Gasteiger partial charge in [-0.25, -0.2) is 13.8 Å². The summed E-state index contributed by atoms with van der Waals surface area (Å²) >= 11 is 12.9. The fourth-order valence-electron chi connectivity index (χ4n) is 4.74. The molecule has 5 rings (SSSR count). The molecule has 40 heavy (non-hydrogen) atoms. The monoisotopic (exact) mass is 585 g/mol. The minimum atomic E-state index is -2.49. The predicted molar refractivity (Wildman–Crippen MR) is 157 cm³/mol. The number of pyridine rings is 2. The van der Waals surface area contributed by atoms with Crippen molar-refractivity contribution < 1.29 is 8.78 Å². The van der Waals surface area contributed by atoms with Gasteiger partial charge in [-0.05, 0) is 43.4 Å². The van der Waals surface area contributed by atoms with E-state index < -0.39 is 18.0 Å². The first-order valence-corrected chi connectivity index (χ1v) is 13.7. The first-order valence-electron chi connectivity index (χ1n) is 12.9. The van der Waals surface area contributed by atoms with Gasteiger partial charge in [-0.15, -0.1) is 12.0 Å². The zero-order valence-electron chi connectivity index (χ0n) is 22.7. The molecule has 1 aliphatic carbocycles. The van der Waals surface area contributed by atoms with E-state index in [1.54, 1.807) is 24.5 Å². The molecule has 0 unspecified atom stereocenters. The van der Waals surface area contributed by atoms with Crippen molar-refractivity contribution in [3.05, 3.63) is 69.4 Å². The Morgan fingerprint density at radius 1 is 1.23 bits per heavy atom. The van der Waals surface area contributed by atoms with Gasteiger partial charge in [0.05, 0.1) is 33.5 Å². The minimum absolute atomic E-state index is 0.00194. The van der Waals surface area contributed by atoms with Crippen LogP contribution in [0.3, 0.4) is 0 Å². The number of fused-ring (bicyclic) bond motifs is 1. The molecule has 0 saturated heterocycles. The first kappa shape index (κ1) is 28.2. The van der Waals surface area contributed by atoms with Crippen molar-refractivity contribution in [3.63, 3.8) is 0 Å². The van der Waals surface area contributed by atoms with Crippen LogP contribution < -0.4 is 21.6 Å². The normalized spacial score (nSPS) is 16.9. The molecular weight excluding hydrogens is 555 g/mol. The molecule has 2 aliphatic rings. The van der Waals surface area contributed by atoms with E-state index in [0.29, 0.717) is 57.7 Å². The fourth-order valence-corrected chi connectivity index (χ4v) is 5.20. The van der Waals surface area contributed by atoms with Gasteiger partial charge in [-0.1, -0.05) is 56.0 Å². The van der Waals surface area contributed by atoms with E-state index in [4.69, 9.17) is 29.6 Å². The lowest BCUT2D eigenvalue weighted by Crippen LogP contribution is -2.48. The van der Waals surface area contributed by atoms with Crippen molar-refractivity contribution in [3.8, 4) is 12.3 Å². The summed E-state index contributed by atoms with van der Waals surface area (Å²) < 4.78 is 27.7. The summed E-state index contributed by atoms with van der Waals surface area (Å²) in [5, 5.41) is 10.1. The molecule has 0 radical (unpaired) electrons. The third kappa shape index (κ3) is 5.49. The number of halogens is 4. The van der Waals surface area contributed by atoms with Gasteiger partial charge in [0.25, 0.3) is 6.43 Å². The van der Waals surface area contributed by atoms with Crippen LogP contribution in [0.1, 0.15) is 56.5 Å². The van der Waals surface area contributed by atoms with Crippen molar-refractivity contribution >= 4 is 45.5 Å². The number of hydrogen-bond acceptors (Lipinski definition) is 7. The fraction of sp³-hybridized carbons (Fsp3) is 0.379. The van der Waals surface area contributed by atoms with Crippen molar-refractivity contribution in [1.29, 1.82) is 0 Å². The number of nitrogens with zero attached hydrogens (tertiary/aromatic N) is 3. The van der Waals surface area contributed by atoms with Crippen molar-refractivity contribution in [1.82, 2.24) is 25.9 Å². The lowest BCUT2D eigenvalue weighted by atomic mass is 9.96. The Bertz CT molecular complexity index is 1520. The minimum Gasteiger partial charge on any atom is -0.383 e. The number of hydrazine groups is 2. The number of terminal acetylenes is 1. The third-order valence-corrected chi connectivity index (χ3v) is 7.64. The van der Waals surface area contributed by atoms with E-state index in [-0.39, 0.29) is 5.41 Å². The quantitative estimate of drug-likeness (QED) is 0.171. The molecule has 1 aromatic carbocycles. The summed E-state index contributed by atoms with van der Waals surface area (Å²) in [5.41, 5.74) is 9.61. The molecule has 0 bridgehead atoms. The number of benzene rings is 1. The van der Waals surface area contributed by atoms with Crippen LogP contribution in [0.4, 0.5) is 20.2 Å². The Kier molecular flexibility index (Phi) is 7.47. The number of aromatic nitrogens is 2. The topological polar surface area (TPSA) is 77.1 Å². The third-order valence-electron chi connectivity index (χ3n) is 7.14. The molecule has 3 aromatic rings. The SMILES string of the molecule is C#Cc1cnc2c(Cl)cc(N[C@H](C3=CN(C4(C(F)F)CC4)NN3)c3ccc(Cl)nc3C)cc2c1NCC(C)(C)C. The van der Waals surface area contributed by atoms with E-state index in [9.17, 15) is 8.78 Å². The number of alkyl halides is 2. The Balaban J connectivity index is 1.58. The van der Waals surface area contributed by atoms with Crippen molar-refractivity contribution in [2.75, 3.05) is 17.2 Å². The molecule has 7 nitrogen and oxygen atoms in total. The van der Waals surface area contributed by atoms with Gasteiger partial charge >= 0.3 is 0 Å². The van der Waals surface area contributed by atoms with Crippen LogP contribution in [0.15, 0.2) is 42.4 Å². The van der Waals surface area contributed by atoms with Crippen LogP contribution >= 0.6 is 23.2 Å². The highest BCUT2D eigenvalue weighted by atomic mass is 35.5. The van der Waals surface area contributed by atoms with Crippen LogP contribution in [0, 0.1) is 24.7 Å². The second-order valence-electron chi connectivity index (χ2n) is 11.4. The number of anilines is 2. The van der Waals surface area contributed by atoms with Crippen LogP contribution in [0.2, 0.25) is 10.2 Å². The second-order valence-corrected chi connectivity index (χ2v) is 12.2. The van der Waals surface area contributed by atoms with Crippen LogP contribution in [-0.4, -0.2) is 33.5 Å². The summed E-state index contributed by atoms with van der Waals surface area (Å²) in [7, 11) is 0. The zero-order chi connectivity index (χ0) is 28.8. The number of nitrogens with one attached hydrogen (secondary N) is 4. The molecule has 1 saturated carbocycles. The van der Waals surface area contributed by atoms with Crippen LogP contribution in [0.25, 0.3) is 10.9 Å². The summed E-state index contributed by atoms with van der Waals surface area (Å²) in [6, 6.07) is 6.79. The number of aryl methyl sites for hydroxylation is 1. The van der Waals surface area contributed by atoms with Gasteiger partial charge in [0, 0.05) is 41.3 Å². The maximum Gasteiger partial charge on any atom is 0.262 e. The molecule has 1 fully saturated rings. The number of hydrogen-bond donors (Lipinski definition) is 4. The Morgan fingerprint density at radius 2 is 1.98 bits per heavy atom. The Labute approximate surface area is 242 Å². The summed E-state index contributed by atoms with van der Waals surface area (Å²) in [6.07, 6.45) is 7.46. The maximum atomic E-state index is 13.8. The molecular formula is C29H31Cl2F2N7. The highest BCUT2D eigenvalue weighted by molar-refractivity contribution is 6.36. The van der Waals surface area contributed by atoms with Crippen molar-refractivity contribution in [2.45, 2.75) is 58.5 Å². The van der Waals surface area contributed by atoms with Crippen molar-refractivity contribution in [2.24, 2.45) is 5.41 Å². The lowest BCUT2D eigenvalue weighted by molar-refractivity contribution is 0.00911. The molecule has 1 aliphatic heterocycles. The highest BCUT2D eigenvalue weighted by Gasteiger charge is 2.56. The smallest absolute Gasteiger partial charge is 0.262 e. The first-order chi connectivity index (χ1) is 18.9. The predicted octanol–water partition coefficient (Wildman–Crippen LogP) is 6.80. The van der Waals surface area contributed by atoms with Crippen LogP contribution in [-0.2, 0) is 0 Å². The van der Waals surface area contributed by atoms with Crippen LogP contribution in [0.5, 0.6) is 0 Å². The molecule has 3 heterocycles. The zero-order valence-corrected chi connectivity index (χ0v) is 24.2. The van der Waals surface area contributed by atoms with Gasteiger partial charge in [0.15, 0.2) is 0 Å². The van der Waals surface area contributed by atoms with Gasteiger partial charge < -0.3 is 16.1 Å². The van der Waals surface area contributed by atoms with E-state index in [1.807, 2.05) is 19.1 Å². The molecule has 4 N–H and O–H groups in total. The molecule has 0 spiro atoms. The molecule has 2 aromatic heterocycles. The summed E-state index contributed by atoms with van der Waals surface area (Å²) in [6.45, 7) is 8.92. The maximum absolute atomic E-state index is 13.8. The van der Waals surface area contributed by atoms with Gasteiger partial charge in [-0.3, -0.25) is 9.99 Å². The van der Waals surface area contributed by atoms with Gasteiger partial charge in [0.2, 0.25) is 0 Å².